The van der Waals surface area contributed by atoms with Crippen molar-refractivity contribution in [1.82, 2.24) is 0 Å². The lowest BCUT2D eigenvalue weighted by Gasteiger charge is -2.42. The average molecular weight is 297 g/mol. The van der Waals surface area contributed by atoms with Crippen LogP contribution in [0.2, 0.25) is 0 Å². The molecule has 0 aliphatic heterocycles. The maximum atomic E-state index is 5.67. The lowest BCUT2D eigenvalue weighted by Crippen LogP contribution is -2.41. The number of halogens is 1. The molecule has 1 atom stereocenters. The molecule has 1 saturated carbocycles. The number of hydrogen-bond acceptors (Lipinski definition) is 1. The van der Waals surface area contributed by atoms with E-state index < -0.39 is 0 Å². The van der Waals surface area contributed by atoms with Crippen LogP contribution in [0, 0.1) is 6.92 Å². The Kier molecular flexibility index (Phi) is 4.26. The van der Waals surface area contributed by atoms with Gasteiger partial charge in [0.1, 0.15) is 0 Å². The summed E-state index contributed by atoms with van der Waals surface area (Å²) >= 11 is 3.80. The molecule has 0 bridgehead atoms. The third-order valence-corrected chi connectivity index (χ3v) is 4.52. The van der Waals surface area contributed by atoms with Gasteiger partial charge in [0.05, 0.1) is 5.60 Å². The van der Waals surface area contributed by atoms with E-state index in [9.17, 15) is 0 Å². The van der Waals surface area contributed by atoms with Crippen LogP contribution in [0.25, 0.3) is 0 Å². The second kappa shape index (κ2) is 5.53. The Morgan fingerprint density at radius 2 is 1.94 bits per heavy atom. The Bertz CT molecular complexity index is 348. The zero-order valence-electron chi connectivity index (χ0n) is 10.7. The number of methoxy groups -OCH3 is 1. The second-order valence-corrected chi connectivity index (χ2v) is 6.53. The maximum absolute atomic E-state index is 5.67. The minimum atomic E-state index is 0.166. The van der Waals surface area contributed by atoms with Crippen LogP contribution in [0.5, 0.6) is 0 Å². The van der Waals surface area contributed by atoms with Gasteiger partial charge < -0.3 is 4.74 Å². The fourth-order valence-electron chi connectivity index (χ4n) is 2.52. The summed E-state index contributed by atoms with van der Waals surface area (Å²) in [5.41, 5.74) is 2.90. The fourth-order valence-corrected chi connectivity index (χ4v) is 3.48. The van der Waals surface area contributed by atoms with E-state index in [1.54, 1.807) is 0 Å². The van der Waals surface area contributed by atoms with Crippen molar-refractivity contribution >= 4 is 15.9 Å². The molecule has 1 aliphatic rings. The van der Waals surface area contributed by atoms with Crippen molar-refractivity contribution in [3.63, 3.8) is 0 Å². The van der Waals surface area contributed by atoms with E-state index >= 15 is 0 Å². The molecule has 1 unspecified atom stereocenters. The predicted molar refractivity (Wildman–Crippen MR) is 75.8 cm³/mol. The van der Waals surface area contributed by atoms with Crippen molar-refractivity contribution < 1.29 is 4.74 Å². The molecule has 0 heterocycles. The van der Waals surface area contributed by atoms with Crippen LogP contribution in [0.15, 0.2) is 24.3 Å². The molecular weight excluding hydrogens is 276 g/mol. The van der Waals surface area contributed by atoms with E-state index in [0.29, 0.717) is 4.83 Å². The van der Waals surface area contributed by atoms with Crippen LogP contribution in [0.1, 0.15) is 36.8 Å². The highest BCUT2D eigenvalue weighted by Gasteiger charge is 2.38. The van der Waals surface area contributed by atoms with E-state index in [1.807, 2.05) is 7.11 Å². The Balaban J connectivity index is 1.88. The molecule has 2 rings (SSSR count). The van der Waals surface area contributed by atoms with Gasteiger partial charge in [-0.3, -0.25) is 0 Å². The molecule has 94 valence electrons. The molecular formula is C15H21BrO. The normalized spacial score (nSPS) is 19.7. The first kappa shape index (κ1) is 13.1. The summed E-state index contributed by atoms with van der Waals surface area (Å²) in [5, 5.41) is 0. The van der Waals surface area contributed by atoms with Gasteiger partial charge in [-0.15, -0.1) is 0 Å². The highest BCUT2D eigenvalue weighted by molar-refractivity contribution is 9.09. The lowest BCUT2D eigenvalue weighted by molar-refractivity contribution is -0.0770. The molecule has 0 radical (unpaired) electrons. The van der Waals surface area contributed by atoms with E-state index in [0.717, 1.165) is 12.8 Å². The van der Waals surface area contributed by atoms with Crippen LogP contribution >= 0.6 is 15.9 Å². The minimum absolute atomic E-state index is 0.166. The smallest absolute Gasteiger partial charge is 0.0689 e. The van der Waals surface area contributed by atoms with Gasteiger partial charge >= 0.3 is 0 Å². The Morgan fingerprint density at radius 1 is 1.29 bits per heavy atom. The van der Waals surface area contributed by atoms with Crippen LogP contribution in [0.4, 0.5) is 0 Å². The van der Waals surface area contributed by atoms with Gasteiger partial charge in [0, 0.05) is 11.9 Å². The molecule has 1 nitrogen and oxygen atoms in total. The van der Waals surface area contributed by atoms with Crippen molar-refractivity contribution in [3.8, 4) is 0 Å². The zero-order chi connectivity index (χ0) is 12.3. The summed E-state index contributed by atoms with van der Waals surface area (Å²) in [5.74, 6) is 0. The number of alkyl halides is 1. The largest absolute Gasteiger partial charge is 0.378 e. The molecule has 0 aromatic heterocycles. The third-order valence-electron chi connectivity index (χ3n) is 3.87. The monoisotopic (exact) mass is 296 g/mol. The van der Waals surface area contributed by atoms with Crippen molar-refractivity contribution in [3.05, 3.63) is 35.4 Å². The van der Waals surface area contributed by atoms with Gasteiger partial charge in [0.2, 0.25) is 0 Å². The zero-order valence-corrected chi connectivity index (χ0v) is 12.3. The summed E-state index contributed by atoms with van der Waals surface area (Å²) < 4.78 is 5.67. The van der Waals surface area contributed by atoms with Crippen molar-refractivity contribution in [2.45, 2.75) is 49.5 Å². The lowest BCUT2D eigenvalue weighted by atomic mass is 9.76. The van der Waals surface area contributed by atoms with Gasteiger partial charge in [-0.05, 0) is 44.6 Å². The molecule has 1 aromatic rings. The molecule has 17 heavy (non-hydrogen) atoms. The summed E-state index contributed by atoms with van der Waals surface area (Å²) in [6.45, 7) is 2.13. The third kappa shape index (κ3) is 3.32. The van der Waals surface area contributed by atoms with Crippen LogP contribution in [-0.2, 0) is 11.2 Å². The maximum Gasteiger partial charge on any atom is 0.0689 e. The van der Waals surface area contributed by atoms with Crippen LogP contribution in [0.3, 0.4) is 0 Å². The summed E-state index contributed by atoms with van der Waals surface area (Å²) in [7, 11) is 1.85. The summed E-state index contributed by atoms with van der Waals surface area (Å²) in [6, 6.07) is 8.82. The van der Waals surface area contributed by atoms with Gasteiger partial charge in [-0.25, -0.2) is 0 Å². The van der Waals surface area contributed by atoms with Crippen molar-refractivity contribution in [1.29, 1.82) is 0 Å². The first-order chi connectivity index (χ1) is 8.13. The fraction of sp³-hybridized carbons (Fsp3) is 0.600. The molecule has 0 N–H and O–H groups in total. The van der Waals surface area contributed by atoms with E-state index in [4.69, 9.17) is 4.74 Å². The SMILES string of the molecule is COC1(CC(Br)Cc2ccc(C)cc2)CCC1. The predicted octanol–water partition coefficient (Wildman–Crippen LogP) is 4.26. The van der Waals surface area contributed by atoms with Crippen molar-refractivity contribution in [2.75, 3.05) is 7.11 Å². The summed E-state index contributed by atoms with van der Waals surface area (Å²) in [4.78, 5) is 0.519. The first-order valence-electron chi connectivity index (χ1n) is 6.38. The molecule has 1 aliphatic carbocycles. The molecule has 0 amide bonds. The van der Waals surface area contributed by atoms with Gasteiger partial charge in [-0.1, -0.05) is 45.8 Å². The topological polar surface area (TPSA) is 9.23 Å². The molecule has 1 fully saturated rings. The second-order valence-electron chi connectivity index (χ2n) is 5.23. The standard InChI is InChI=1S/C15H21BrO/c1-12-4-6-13(7-5-12)10-14(16)11-15(17-2)8-3-9-15/h4-7,14H,3,8-11H2,1-2H3. The Hall–Kier alpha value is -0.340. The van der Waals surface area contributed by atoms with Gasteiger partial charge in [-0.2, -0.15) is 0 Å². The van der Waals surface area contributed by atoms with Gasteiger partial charge in [0.25, 0.3) is 0 Å². The minimum Gasteiger partial charge on any atom is -0.378 e. The quantitative estimate of drug-likeness (QED) is 0.738. The Morgan fingerprint density at radius 3 is 2.41 bits per heavy atom. The molecule has 1 aromatic carbocycles. The molecule has 0 saturated heterocycles. The highest BCUT2D eigenvalue weighted by atomic mass is 79.9. The first-order valence-corrected chi connectivity index (χ1v) is 7.30. The number of aryl methyl sites for hydroxylation is 1. The molecule has 0 spiro atoms. The Labute approximate surface area is 113 Å². The number of ether oxygens (including phenoxy) is 1. The van der Waals surface area contributed by atoms with Crippen LogP contribution < -0.4 is 0 Å². The van der Waals surface area contributed by atoms with E-state index in [1.165, 1.54) is 30.4 Å². The highest BCUT2D eigenvalue weighted by Crippen LogP contribution is 2.40. The number of rotatable bonds is 5. The van der Waals surface area contributed by atoms with Crippen LogP contribution in [-0.4, -0.2) is 17.5 Å². The number of hydrogen-bond donors (Lipinski definition) is 0. The average Bonchev–Trinajstić information content (AvgIpc) is 2.27. The van der Waals surface area contributed by atoms with Gasteiger partial charge in [0.15, 0.2) is 0 Å². The van der Waals surface area contributed by atoms with Crippen molar-refractivity contribution in [2.24, 2.45) is 0 Å². The van der Waals surface area contributed by atoms with E-state index in [-0.39, 0.29) is 5.60 Å². The summed E-state index contributed by atoms with van der Waals surface area (Å²) in [6.07, 6.45) is 5.97. The number of benzene rings is 1. The molecule has 2 heteroatoms. The van der Waals surface area contributed by atoms with E-state index in [2.05, 4.69) is 47.1 Å².